The van der Waals surface area contributed by atoms with Crippen molar-refractivity contribution in [3.8, 4) is 5.69 Å². The van der Waals surface area contributed by atoms with Gasteiger partial charge in [-0.05, 0) is 24.5 Å². The van der Waals surface area contributed by atoms with Crippen molar-refractivity contribution in [2.24, 2.45) is 0 Å². The highest BCUT2D eigenvalue weighted by Crippen LogP contribution is 2.25. The summed E-state index contributed by atoms with van der Waals surface area (Å²) in [5, 5.41) is 4.25. The van der Waals surface area contributed by atoms with E-state index in [2.05, 4.69) is 21.0 Å². The maximum absolute atomic E-state index is 5.96. The summed E-state index contributed by atoms with van der Waals surface area (Å²) in [6, 6.07) is 7.88. The summed E-state index contributed by atoms with van der Waals surface area (Å²) in [7, 11) is 0. The second-order valence-corrected chi connectivity index (χ2v) is 4.75. The monoisotopic (exact) mass is 283 g/mol. The fraction of sp³-hybridized carbons (Fsp3) is 0.100. The fourth-order valence-corrected chi connectivity index (χ4v) is 2.15. The molecule has 1 aromatic carbocycles. The van der Waals surface area contributed by atoms with Crippen LogP contribution in [-0.2, 0) is 0 Å². The molecule has 0 radical (unpaired) electrons. The molecule has 0 aliphatic rings. The largest absolute Gasteiger partial charge is 0.383 e. The van der Waals surface area contributed by atoms with Gasteiger partial charge < -0.3 is 5.73 Å². The molecule has 0 spiro atoms. The van der Waals surface area contributed by atoms with Gasteiger partial charge in [0.15, 0.2) is 0 Å². The number of nitrogens with two attached hydrogens (primary N) is 1. The van der Waals surface area contributed by atoms with E-state index in [1.807, 2.05) is 30.5 Å². The molecular weight excluding hydrogens is 274 g/mol. The smallest absolute Gasteiger partial charge is 0.140 e. The maximum Gasteiger partial charge on any atom is 0.140 e. The molecule has 15 heavy (non-hydrogen) atoms. The molecule has 1 aromatic heterocycles. The highest BCUT2D eigenvalue weighted by atomic mass is 79.9. The number of anilines is 1. The standard InChI is InChI=1S/C10H10BrN3S/c1-15-9-6-13-14(10(9)12)8-4-2-3-7(11)5-8/h2-6H,12H2,1H3. The molecule has 0 fully saturated rings. The quantitative estimate of drug-likeness (QED) is 0.862. The predicted octanol–water partition coefficient (Wildman–Crippen LogP) is 2.94. The molecule has 1 heterocycles. The minimum absolute atomic E-state index is 0.681. The topological polar surface area (TPSA) is 43.8 Å². The number of nitrogens with zero attached hydrogens (tertiary/aromatic N) is 2. The fourth-order valence-electron chi connectivity index (χ4n) is 1.31. The zero-order valence-electron chi connectivity index (χ0n) is 8.14. The maximum atomic E-state index is 5.96. The van der Waals surface area contributed by atoms with E-state index in [1.165, 1.54) is 0 Å². The van der Waals surface area contributed by atoms with Gasteiger partial charge in [-0.1, -0.05) is 22.0 Å². The number of hydrogen-bond donors (Lipinski definition) is 1. The Bertz CT molecular complexity index is 481. The van der Waals surface area contributed by atoms with E-state index in [1.54, 1.807) is 22.6 Å². The Hall–Kier alpha value is -0.940. The van der Waals surface area contributed by atoms with Crippen molar-refractivity contribution in [1.82, 2.24) is 9.78 Å². The molecule has 0 saturated heterocycles. The summed E-state index contributed by atoms with van der Waals surface area (Å²) in [6.07, 6.45) is 3.76. The Morgan fingerprint density at radius 1 is 1.47 bits per heavy atom. The van der Waals surface area contributed by atoms with Crippen LogP contribution in [0.4, 0.5) is 5.82 Å². The molecule has 3 nitrogen and oxygen atoms in total. The summed E-state index contributed by atoms with van der Waals surface area (Å²) in [4.78, 5) is 0.995. The van der Waals surface area contributed by atoms with Crippen LogP contribution >= 0.6 is 27.7 Å². The summed E-state index contributed by atoms with van der Waals surface area (Å²) < 4.78 is 2.75. The van der Waals surface area contributed by atoms with Gasteiger partial charge in [0.2, 0.25) is 0 Å². The Morgan fingerprint density at radius 3 is 2.87 bits per heavy atom. The van der Waals surface area contributed by atoms with E-state index in [4.69, 9.17) is 5.73 Å². The van der Waals surface area contributed by atoms with Gasteiger partial charge in [-0.25, -0.2) is 4.68 Å². The molecule has 0 unspecified atom stereocenters. The zero-order chi connectivity index (χ0) is 10.8. The van der Waals surface area contributed by atoms with Crippen molar-refractivity contribution in [1.29, 1.82) is 0 Å². The molecule has 0 bridgehead atoms. The van der Waals surface area contributed by atoms with Crippen LogP contribution in [0.15, 0.2) is 39.8 Å². The van der Waals surface area contributed by atoms with Crippen LogP contribution in [0.5, 0.6) is 0 Å². The van der Waals surface area contributed by atoms with Crippen molar-refractivity contribution < 1.29 is 0 Å². The molecule has 0 aliphatic heterocycles. The molecule has 2 N–H and O–H groups in total. The molecule has 0 aliphatic carbocycles. The van der Waals surface area contributed by atoms with Crippen molar-refractivity contribution in [3.63, 3.8) is 0 Å². The highest BCUT2D eigenvalue weighted by molar-refractivity contribution is 9.10. The third-order valence-electron chi connectivity index (χ3n) is 2.04. The average molecular weight is 284 g/mol. The van der Waals surface area contributed by atoms with Gasteiger partial charge in [0.25, 0.3) is 0 Å². The lowest BCUT2D eigenvalue weighted by Crippen LogP contribution is -2.01. The minimum atomic E-state index is 0.681. The lowest BCUT2D eigenvalue weighted by molar-refractivity contribution is 0.890. The molecule has 5 heteroatoms. The number of aromatic nitrogens is 2. The Kier molecular flexibility index (Phi) is 3.02. The van der Waals surface area contributed by atoms with E-state index >= 15 is 0 Å². The molecule has 0 amide bonds. The number of rotatable bonds is 2. The van der Waals surface area contributed by atoms with Gasteiger partial charge >= 0.3 is 0 Å². The van der Waals surface area contributed by atoms with Gasteiger partial charge in [-0.2, -0.15) is 5.10 Å². The zero-order valence-corrected chi connectivity index (χ0v) is 10.5. The number of benzene rings is 1. The molecular formula is C10H10BrN3S. The lowest BCUT2D eigenvalue weighted by atomic mass is 10.3. The van der Waals surface area contributed by atoms with E-state index in [-0.39, 0.29) is 0 Å². The highest BCUT2D eigenvalue weighted by Gasteiger charge is 2.07. The second-order valence-electron chi connectivity index (χ2n) is 2.99. The van der Waals surface area contributed by atoms with Crippen molar-refractivity contribution >= 4 is 33.5 Å². The molecule has 2 rings (SSSR count). The number of thioether (sulfide) groups is 1. The first kappa shape index (κ1) is 10.6. The molecule has 0 atom stereocenters. The SMILES string of the molecule is CSc1cnn(-c2cccc(Br)c2)c1N. The summed E-state index contributed by atoms with van der Waals surface area (Å²) in [6.45, 7) is 0. The number of nitrogen functional groups attached to an aromatic ring is 1. The summed E-state index contributed by atoms with van der Waals surface area (Å²) in [5.74, 6) is 0.681. The summed E-state index contributed by atoms with van der Waals surface area (Å²) in [5.41, 5.74) is 6.92. The first-order valence-electron chi connectivity index (χ1n) is 4.36. The number of halogens is 1. The molecule has 78 valence electrons. The lowest BCUT2D eigenvalue weighted by Gasteiger charge is -2.04. The third-order valence-corrected chi connectivity index (χ3v) is 3.29. The van der Waals surface area contributed by atoms with Gasteiger partial charge in [-0.3, -0.25) is 0 Å². The second kappa shape index (κ2) is 4.28. The third kappa shape index (κ3) is 2.03. The Balaban J connectivity index is 2.49. The van der Waals surface area contributed by atoms with Crippen molar-refractivity contribution in [2.75, 3.05) is 12.0 Å². The Morgan fingerprint density at radius 2 is 2.27 bits per heavy atom. The van der Waals surface area contributed by atoms with Crippen LogP contribution < -0.4 is 5.73 Å². The molecule has 2 aromatic rings. The van der Waals surface area contributed by atoms with Crippen molar-refractivity contribution in [3.05, 3.63) is 34.9 Å². The normalized spacial score (nSPS) is 10.5. The van der Waals surface area contributed by atoms with Gasteiger partial charge in [0.1, 0.15) is 5.82 Å². The van der Waals surface area contributed by atoms with E-state index in [0.29, 0.717) is 5.82 Å². The van der Waals surface area contributed by atoms with Crippen LogP contribution in [0.3, 0.4) is 0 Å². The van der Waals surface area contributed by atoms with Gasteiger partial charge in [0, 0.05) is 4.47 Å². The average Bonchev–Trinajstić information content (AvgIpc) is 2.59. The summed E-state index contributed by atoms with van der Waals surface area (Å²) >= 11 is 5.02. The van der Waals surface area contributed by atoms with Crippen LogP contribution in [0.25, 0.3) is 5.69 Å². The first-order valence-corrected chi connectivity index (χ1v) is 6.37. The minimum Gasteiger partial charge on any atom is -0.383 e. The Labute approximate surface area is 101 Å². The number of hydrogen-bond acceptors (Lipinski definition) is 3. The van der Waals surface area contributed by atoms with Crippen LogP contribution in [0, 0.1) is 0 Å². The van der Waals surface area contributed by atoms with E-state index < -0.39 is 0 Å². The van der Waals surface area contributed by atoms with Crippen LogP contribution in [-0.4, -0.2) is 16.0 Å². The van der Waals surface area contributed by atoms with Gasteiger partial charge in [0.05, 0.1) is 16.8 Å². The van der Waals surface area contributed by atoms with E-state index in [0.717, 1.165) is 15.1 Å². The van der Waals surface area contributed by atoms with Gasteiger partial charge in [-0.15, -0.1) is 11.8 Å². The van der Waals surface area contributed by atoms with E-state index in [9.17, 15) is 0 Å². The first-order chi connectivity index (χ1) is 7.22. The molecule has 0 saturated carbocycles. The predicted molar refractivity (Wildman–Crippen MR) is 67.5 cm³/mol. The van der Waals surface area contributed by atoms with Crippen LogP contribution in [0.2, 0.25) is 0 Å². The van der Waals surface area contributed by atoms with Crippen molar-refractivity contribution in [2.45, 2.75) is 4.90 Å². The van der Waals surface area contributed by atoms with Crippen LogP contribution in [0.1, 0.15) is 0 Å².